The van der Waals surface area contributed by atoms with Crippen LogP contribution >= 0.6 is 0 Å². The first-order valence-electron chi connectivity index (χ1n) is 0.846. The second-order valence-electron chi connectivity index (χ2n) is 0.296. The van der Waals surface area contributed by atoms with Gasteiger partial charge in [0, 0.05) is 0 Å². The Hall–Kier alpha value is -0.0297. The van der Waals surface area contributed by atoms with Crippen LogP contribution in [0, 0.1) is 17.9 Å². The van der Waals surface area contributed by atoms with Crippen LogP contribution in [-0.2, 0) is 22.4 Å². The average molecular weight is 249 g/mol. The van der Waals surface area contributed by atoms with E-state index in [0.29, 0.717) is 0 Å². The quantitative estimate of drug-likeness (QED) is 0.348. The van der Waals surface area contributed by atoms with Crippen LogP contribution in [0.1, 0.15) is 0 Å². The van der Waals surface area contributed by atoms with Gasteiger partial charge in [0.05, 0.1) is 0 Å². The van der Waals surface area contributed by atoms with Gasteiger partial charge in [0.25, 0.3) is 0 Å². The van der Waals surface area contributed by atoms with Crippen molar-refractivity contribution in [2.75, 3.05) is 0 Å². The van der Waals surface area contributed by atoms with E-state index in [-0.39, 0.29) is 22.4 Å². The van der Waals surface area contributed by atoms with Gasteiger partial charge in [-0.05, 0) is 0 Å². The van der Waals surface area contributed by atoms with Crippen LogP contribution in [0.15, 0.2) is 6.08 Å². The summed E-state index contributed by atoms with van der Waals surface area (Å²) >= 11 is 0. The van der Waals surface area contributed by atoms with E-state index < -0.39 is 0 Å². The molecule has 0 aromatic rings. The Morgan fingerprint density at radius 1 is 1.80 bits per heavy atom. The normalized spacial score (nSPS) is 3.00. The molecule has 0 saturated heterocycles. The predicted molar refractivity (Wildman–Crippen MR) is 14.5 cm³/mol. The molecule has 0 bridgehead atoms. The predicted octanol–water partition coefficient (Wildman–Crippen LogP) is 0.497. The van der Waals surface area contributed by atoms with E-state index in [1.54, 1.807) is 6.07 Å². The molecule has 0 saturated carbocycles. The zero-order chi connectivity index (χ0) is 3.41. The van der Waals surface area contributed by atoms with Gasteiger partial charge in [-0.2, -0.15) is 6.08 Å². The summed E-state index contributed by atoms with van der Waals surface area (Å²) < 4.78 is 0. The fraction of sp³-hybridized carbons (Fsp3) is 0. The number of nitriles is 1. The average Bonchev–Trinajstić information content (AvgIpc) is 1.37. The summed E-state index contributed by atoms with van der Waals surface area (Å²) in [5.74, 6) is 0. The third-order valence-corrected chi connectivity index (χ3v) is 0.0745. The van der Waals surface area contributed by atoms with E-state index in [2.05, 4.69) is 6.58 Å². The summed E-state index contributed by atoms with van der Waals surface area (Å²) in [6.45, 7) is 4.54. The molecule has 0 heterocycles. The van der Waals surface area contributed by atoms with Crippen LogP contribution in [0.25, 0.3) is 0 Å². The van der Waals surface area contributed by atoms with Crippen molar-refractivity contribution in [2.24, 2.45) is 0 Å². The molecule has 0 rings (SSSR count). The Kier molecular flexibility index (Phi) is 16.0. The molecule has 0 unspecified atom stereocenters. The smallest absolute Gasteiger partial charge is 0.329 e. The molecule has 0 aromatic carbocycles. The standard InChI is InChI=1S/C3H2N.Au/c1-2-3-4;/h1-2H;/q-1;+1. The van der Waals surface area contributed by atoms with Crippen molar-refractivity contribution in [3.63, 3.8) is 0 Å². The number of hydrogen-bond donors (Lipinski definition) is 0. The maximum Gasteiger partial charge on any atom is 1.00 e. The van der Waals surface area contributed by atoms with E-state index >= 15 is 0 Å². The van der Waals surface area contributed by atoms with E-state index in [1.807, 2.05) is 0 Å². The SMILES string of the molecule is [Au+].[CH-]=CC#N. The molecule has 2 heteroatoms. The van der Waals surface area contributed by atoms with Gasteiger partial charge in [-0.15, -0.1) is 6.07 Å². The van der Waals surface area contributed by atoms with Crippen molar-refractivity contribution in [1.82, 2.24) is 0 Å². The minimum atomic E-state index is 0. The van der Waals surface area contributed by atoms with Gasteiger partial charge >= 0.3 is 22.4 Å². The van der Waals surface area contributed by atoms with Crippen molar-refractivity contribution >= 4 is 0 Å². The maximum atomic E-state index is 7.44. The fourth-order valence-corrected chi connectivity index (χ4v) is 0. The van der Waals surface area contributed by atoms with Gasteiger partial charge in [-0.1, -0.05) is 0 Å². The third-order valence-electron chi connectivity index (χ3n) is 0.0745. The zero-order valence-electron chi connectivity index (χ0n) is 2.40. The van der Waals surface area contributed by atoms with E-state index in [4.69, 9.17) is 5.26 Å². The third kappa shape index (κ3) is 16.4. The van der Waals surface area contributed by atoms with Crippen LogP contribution < -0.4 is 0 Å². The van der Waals surface area contributed by atoms with Crippen LogP contribution in [0.3, 0.4) is 0 Å². The molecule has 0 N–H and O–H groups in total. The van der Waals surface area contributed by atoms with Crippen LogP contribution in [-0.4, -0.2) is 0 Å². The molecule has 30 valence electrons. The van der Waals surface area contributed by atoms with Crippen molar-refractivity contribution in [3.05, 3.63) is 12.7 Å². The summed E-state index contributed by atoms with van der Waals surface area (Å²) in [4.78, 5) is 0. The topological polar surface area (TPSA) is 23.8 Å². The summed E-state index contributed by atoms with van der Waals surface area (Å²) in [7, 11) is 0. The van der Waals surface area contributed by atoms with E-state index in [1.165, 1.54) is 0 Å². The van der Waals surface area contributed by atoms with Crippen molar-refractivity contribution in [1.29, 1.82) is 5.26 Å². The molecular formula is C3H2AuN. The number of allylic oxidation sites excluding steroid dienone is 1. The van der Waals surface area contributed by atoms with Crippen LogP contribution in [0.5, 0.6) is 0 Å². The molecule has 0 aliphatic rings. The second-order valence-corrected chi connectivity index (χ2v) is 0.296. The first-order chi connectivity index (χ1) is 1.91. The van der Waals surface area contributed by atoms with E-state index in [0.717, 1.165) is 6.08 Å². The monoisotopic (exact) mass is 249 g/mol. The first-order valence-corrected chi connectivity index (χ1v) is 0.846. The molecule has 0 aliphatic heterocycles. The van der Waals surface area contributed by atoms with Crippen molar-refractivity contribution in [3.8, 4) is 6.07 Å². The van der Waals surface area contributed by atoms with Crippen molar-refractivity contribution in [2.45, 2.75) is 0 Å². The van der Waals surface area contributed by atoms with Gasteiger partial charge in [0.15, 0.2) is 0 Å². The molecule has 5 heavy (non-hydrogen) atoms. The summed E-state index contributed by atoms with van der Waals surface area (Å²) in [6.07, 6.45) is 0.931. The molecular weight excluding hydrogens is 247 g/mol. The molecule has 0 radical (unpaired) electrons. The maximum absolute atomic E-state index is 7.44. The Balaban J connectivity index is 0. The molecule has 1 nitrogen and oxygen atoms in total. The largest absolute Gasteiger partial charge is 1.00 e. The van der Waals surface area contributed by atoms with Gasteiger partial charge in [-0.25, -0.2) is 0 Å². The Labute approximate surface area is 46.8 Å². The molecule has 0 atom stereocenters. The van der Waals surface area contributed by atoms with Gasteiger partial charge < -0.3 is 5.26 Å². The Bertz CT molecular complexity index is 52.4. The fourth-order valence-electron chi connectivity index (χ4n) is 0. The Morgan fingerprint density at radius 3 is 2.00 bits per heavy atom. The minimum Gasteiger partial charge on any atom is -0.329 e. The van der Waals surface area contributed by atoms with Crippen LogP contribution in [0.2, 0.25) is 0 Å². The summed E-state index contributed by atoms with van der Waals surface area (Å²) in [6, 6.07) is 1.58. The number of rotatable bonds is 0. The number of hydrogen-bond acceptors (Lipinski definition) is 1. The zero-order valence-corrected chi connectivity index (χ0v) is 4.57. The van der Waals surface area contributed by atoms with E-state index in [9.17, 15) is 0 Å². The molecule has 0 amide bonds. The van der Waals surface area contributed by atoms with Gasteiger partial charge in [0.2, 0.25) is 0 Å². The minimum absolute atomic E-state index is 0. The second kappa shape index (κ2) is 9.02. The van der Waals surface area contributed by atoms with Crippen LogP contribution in [0.4, 0.5) is 0 Å². The molecule has 0 aromatic heterocycles. The number of nitrogens with zero attached hydrogens (tertiary/aromatic N) is 1. The first kappa shape index (κ1) is 8.88. The summed E-state index contributed by atoms with van der Waals surface area (Å²) in [5.41, 5.74) is 0. The van der Waals surface area contributed by atoms with Gasteiger partial charge in [0.1, 0.15) is 0 Å². The Morgan fingerprint density at radius 2 is 2.00 bits per heavy atom. The van der Waals surface area contributed by atoms with Gasteiger partial charge in [-0.3, -0.25) is 6.58 Å². The van der Waals surface area contributed by atoms with Crippen molar-refractivity contribution < 1.29 is 22.4 Å². The molecule has 0 aliphatic carbocycles. The molecule has 0 fully saturated rings. The summed E-state index contributed by atoms with van der Waals surface area (Å²) in [5, 5.41) is 7.44. The molecule has 0 spiro atoms.